The molecule has 1 aliphatic heterocycles. The molecular weight excluding hydrogens is 304 g/mol. The van der Waals surface area contributed by atoms with E-state index in [1.807, 2.05) is 0 Å². The number of hydrogen-bond donors (Lipinski definition) is 1. The van der Waals surface area contributed by atoms with Crippen LogP contribution in [0.3, 0.4) is 0 Å². The van der Waals surface area contributed by atoms with Crippen molar-refractivity contribution in [3.8, 4) is 0 Å². The summed E-state index contributed by atoms with van der Waals surface area (Å²) in [7, 11) is -2.87. The maximum atomic E-state index is 11.3. The van der Waals surface area contributed by atoms with Crippen LogP contribution in [0.2, 0.25) is 5.02 Å². The molecule has 1 fully saturated rings. The van der Waals surface area contributed by atoms with Gasteiger partial charge in [0, 0.05) is 18.7 Å². The highest BCUT2D eigenvalue weighted by molar-refractivity contribution is 7.91. The van der Waals surface area contributed by atoms with Crippen LogP contribution in [0.15, 0.2) is 18.2 Å². The number of nitrogens with one attached hydrogen (secondary N) is 1. The monoisotopic (exact) mass is 318 g/mol. The third-order valence-corrected chi connectivity index (χ3v) is 5.39. The van der Waals surface area contributed by atoms with Crippen LogP contribution < -0.4 is 5.32 Å². The number of nitro benzene ring substituents is 1. The van der Waals surface area contributed by atoms with E-state index in [2.05, 4.69) is 5.32 Å². The van der Waals surface area contributed by atoms with Gasteiger partial charge in [0.15, 0.2) is 0 Å². The van der Waals surface area contributed by atoms with Gasteiger partial charge in [-0.1, -0.05) is 17.7 Å². The maximum Gasteiger partial charge on any atom is 0.288 e. The molecule has 0 aliphatic carbocycles. The van der Waals surface area contributed by atoms with Crippen molar-refractivity contribution in [1.82, 2.24) is 5.32 Å². The lowest BCUT2D eigenvalue weighted by Gasteiger charge is -2.23. The first-order valence-electron chi connectivity index (χ1n) is 6.24. The fourth-order valence-corrected chi connectivity index (χ4v) is 3.84. The lowest BCUT2D eigenvalue weighted by Crippen LogP contribution is -2.37. The summed E-state index contributed by atoms with van der Waals surface area (Å²) >= 11 is 5.74. The molecule has 0 radical (unpaired) electrons. The van der Waals surface area contributed by atoms with Crippen LogP contribution in [0.25, 0.3) is 0 Å². The largest absolute Gasteiger partial charge is 0.310 e. The topological polar surface area (TPSA) is 89.3 Å². The van der Waals surface area contributed by atoms with Gasteiger partial charge >= 0.3 is 0 Å². The van der Waals surface area contributed by atoms with Crippen molar-refractivity contribution in [3.05, 3.63) is 38.9 Å². The quantitative estimate of drug-likeness (QED) is 0.676. The third-order valence-electron chi connectivity index (χ3n) is 3.36. The highest BCUT2D eigenvalue weighted by Crippen LogP contribution is 2.25. The fourth-order valence-electron chi connectivity index (χ4n) is 2.16. The zero-order valence-electron chi connectivity index (χ0n) is 10.7. The number of nitrogens with zero attached hydrogens (tertiary/aromatic N) is 1. The highest BCUT2D eigenvalue weighted by atomic mass is 35.5. The van der Waals surface area contributed by atoms with Gasteiger partial charge in [0.2, 0.25) is 0 Å². The molecule has 110 valence electrons. The van der Waals surface area contributed by atoms with E-state index in [-0.39, 0.29) is 28.3 Å². The number of sulfone groups is 1. The molecule has 1 N–H and O–H groups in total. The SMILES string of the molecule is O=[N+]([O-])c1cc(CNC2CCS(=O)(=O)CC2)ccc1Cl. The standard InChI is InChI=1S/C12H15ClN2O4S/c13-11-2-1-9(7-12(11)15(16)17)8-14-10-3-5-20(18,19)6-4-10/h1-2,7,10,14H,3-6,8H2. The van der Waals surface area contributed by atoms with E-state index in [0.29, 0.717) is 19.4 Å². The van der Waals surface area contributed by atoms with Gasteiger partial charge in [0.1, 0.15) is 14.9 Å². The predicted octanol–water partition coefficient (Wildman–Crippen LogP) is 1.91. The summed E-state index contributed by atoms with van der Waals surface area (Å²) < 4.78 is 22.6. The molecule has 1 aliphatic rings. The minimum Gasteiger partial charge on any atom is -0.310 e. The van der Waals surface area contributed by atoms with E-state index in [0.717, 1.165) is 5.56 Å². The van der Waals surface area contributed by atoms with Crippen molar-refractivity contribution in [3.63, 3.8) is 0 Å². The van der Waals surface area contributed by atoms with E-state index >= 15 is 0 Å². The Hall–Kier alpha value is -1.18. The highest BCUT2D eigenvalue weighted by Gasteiger charge is 2.23. The zero-order valence-corrected chi connectivity index (χ0v) is 12.3. The summed E-state index contributed by atoms with van der Waals surface area (Å²) in [5, 5.41) is 14.1. The predicted molar refractivity (Wildman–Crippen MR) is 76.6 cm³/mol. The molecular formula is C12H15ClN2O4S. The number of hydrogen-bond acceptors (Lipinski definition) is 5. The Kier molecular flexibility index (Phi) is 4.62. The van der Waals surface area contributed by atoms with Gasteiger partial charge in [-0.15, -0.1) is 0 Å². The van der Waals surface area contributed by atoms with Gasteiger partial charge in [0.05, 0.1) is 16.4 Å². The van der Waals surface area contributed by atoms with Crippen LogP contribution in [-0.2, 0) is 16.4 Å². The molecule has 0 aromatic heterocycles. The van der Waals surface area contributed by atoms with Crippen LogP contribution in [-0.4, -0.2) is 30.9 Å². The Balaban J connectivity index is 1.95. The third kappa shape index (κ3) is 3.91. The van der Waals surface area contributed by atoms with E-state index in [9.17, 15) is 18.5 Å². The zero-order chi connectivity index (χ0) is 14.8. The first kappa shape index (κ1) is 15.2. The number of halogens is 1. The van der Waals surface area contributed by atoms with Crippen molar-refractivity contribution in [2.45, 2.75) is 25.4 Å². The second-order valence-electron chi connectivity index (χ2n) is 4.85. The molecule has 1 heterocycles. The van der Waals surface area contributed by atoms with Crippen molar-refractivity contribution < 1.29 is 13.3 Å². The Bertz CT molecular complexity index is 604. The lowest BCUT2D eigenvalue weighted by molar-refractivity contribution is -0.384. The molecule has 0 spiro atoms. The van der Waals surface area contributed by atoms with E-state index in [4.69, 9.17) is 11.6 Å². The minimum absolute atomic E-state index is 0.113. The van der Waals surface area contributed by atoms with Crippen molar-refractivity contribution >= 4 is 27.1 Å². The van der Waals surface area contributed by atoms with Gasteiger partial charge in [-0.25, -0.2) is 8.42 Å². The first-order valence-corrected chi connectivity index (χ1v) is 8.44. The van der Waals surface area contributed by atoms with E-state index < -0.39 is 14.8 Å². The van der Waals surface area contributed by atoms with Crippen molar-refractivity contribution in [2.24, 2.45) is 0 Å². The molecule has 2 rings (SSSR count). The molecule has 6 nitrogen and oxygen atoms in total. The van der Waals surface area contributed by atoms with Crippen LogP contribution in [0, 0.1) is 10.1 Å². The summed E-state index contributed by atoms with van der Waals surface area (Å²) in [5.41, 5.74) is 0.645. The number of benzene rings is 1. The summed E-state index contributed by atoms with van der Waals surface area (Å²) in [4.78, 5) is 10.3. The van der Waals surface area contributed by atoms with Crippen molar-refractivity contribution in [1.29, 1.82) is 0 Å². The molecule has 0 bridgehead atoms. The van der Waals surface area contributed by atoms with Crippen LogP contribution >= 0.6 is 11.6 Å². The Labute approximate surface area is 122 Å². The van der Waals surface area contributed by atoms with Crippen LogP contribution in [0.4, 0.5) is 5.69 Å². The second-order valence-corrected chi connectivity index (χ2v) is 7.56. The van der Waals surface area contributed by atoms with Crippen molar-refractivity contribution in [2.75, 3.05) is 11.5 Å². The summed E-state index contributed by atoms with van der Waals surface area (Å²) in [6.07, 6.45) is 1.16. The average Bonchev–Trinajstić information content (AvgIpc) is 2.38. The number of nitro groups is 1. The summed E-state index contributed by atoms with van der Waals surface area (Å²) in [6, 6.07) is 4.80. The van der Waals surface area contributed by atoms with Crippen LogP contribution in [0.1, 0.15) is 18.4 Å². The van der Waals surface area contributed by atoms with Gasteiger partial charge < -0.3 is 5.32 Å². The minimum atomic E-state index is -2.87. The maximum absolute atomic E-state index is 11.3. The molecule has 8 heteroatoms. The number of rotatable bonds is 4. The summed E-state index contributed by atoms with van der Waals surface area (Å²) in [6.45, 7) is 0.461. The normalized spacial score (nSPS) is 18.9. The van der Waals surface area contributed by atoms with E-state index in [1.165, 1.54) is 12.1 Å². The molecule has 1 aromatic carbocycles. The van der Waals surface area contributed by atoms with Gasteiger partial charge in [0.25, 0.3) is 5.69 Å². The van der Waals surface area contributed by atoms with Gasteiger partial charge in [-0.2, -0.15) is 0 Å². The molecule has 0 amide bonds. The first-order chi connectivity index (χ1) is 9.37. The van der Waals surface area contributed by atoms with Gasteiger partial charge in [-0.3, -0.25) is 10.1 Å². The molecule has 20 heavy (non-hydrogen) atoms. The Morgan fingerprint density at radius 3 is 2.60 bits per heavy atom. The fraction of sp³-hybridized carbons (Fsp3) is 0.500. The molecule has 0 unspecified atom stereocenters. The Morgan fingerprint density at radius 2 is 2.00 bits per heavy atom. The molecule has 1 aromatic rings. The summed E-state index contributed by atoms with van der Waals surface area (Å²) in [5.74, 6) is 0.400. The smallest absolute Gasteiger partial charge is 0.288 e. The average molecular weight is 319 g/mol. The van der Waals surface area contributed by atoms with Gasteiger partial charge in [-0.05, 0) is 24.5 Å². The molecule has 1 saturated heterocycles. The molecule has 0 saturated carbocycles. The van der Waals surface area contributed by atoms with E-state index in [1.54, 1.807) is 6.07 Å². The molecule has 0 atom stereocenters. The van der Waals surface area contributed by atoms with Crippen LogP contribution in [0.5, 0.6) is 0 Å². The second kappa shape index (κ2) is 6.07. The lowest BCUT2D eigenvalue weighted by atomic mass is 10.1. The Morgan fingerprint density at radius 1 is 1.35 bits per heavy atom.